The first-order valence-electron chi connectivity index (χ1n) is 8.96. The van der Waals surface area contributed by atoms with Crippen molar-refractivity contribution in [2.24, 2.45) is 11.8 Å². The van der Waals surface area contributed by atoms with Crippen LogP contribution in [0, 0.1) is 11.8 Å². The standard InChI is InChI=1S/C19H27ClF2N2O2/c1-13(10-14-6-8-23-9-7-14)12-19(21,22)26-15-4-5-16(17(20)11-15)18(25)24(2)3/h4-5,11,13-14,23H,6-10,12H2,1-3H3. The number of rotatable bonds is 7. The van der Waals surface area contributed by atoms with E-state index in [0.717, 1.165) is 32.4 Å². The van der Waals surface area contributed by atoms with E-state index in [-0.39, 0.29) is 34.6 Å². The minimum absolute atomic E-state index is 0.0376. The van der Waals surface area contributed by atoms with Gasteiger partial charge in [0.05, 0.1) is 17.0 Å². The molecule has 0 aromatic heterocycles. The van der Waals surface area contributed by atoms with Gasteiger partial charge in [0.2, 0.25) is 0 Å². The van der Waals surface area contributed by atoms with E-state index in [2.05, 4.69) is 5.32 Å². The summed E-state index contributed by atoms with van der Waals surface area (Å²) in [5.41, 5.74) is 0.256. The van der Waals surface area contributed by atoms with Gasteiger partial charge in [-0.05, 0) is 62.4 Å². The molecule has 1 saturated heterocycles. The number of nitrogens with zero attached hydrogens (tertiary/aromatic N) is 1. The molecule has 1 amide bonds. The molecule has 1 heterocycles. The van der Waals surface area contributed by atoms with Gasteiger partial charge < -0.3 is 15.0 Å². The molecule has 1 N–H and O–H groups in total. The van der Waals surface area contributed by atoms with Crippen LogP contribution in [0.4, 0.5) is 8.78 Å². The molecule has 1 fully saturated rings. The van der Waals surface area contributed by atoms with E-state index in [4.69, 9.17) is 16.3 Å². The second kappa shape index (κ2) is 9.00. The zero-order valence-electron chi connectivity index (χ0n) is 15.5. The number of hydrogen-bond acceptors (Lipinski definition) is 3. The molecule has 1 atom stereocenters. The van der Waals surface area contributed by atoms with Crippen molar-refractivity contribution in [1.29, 1.82) is 0 Å². The maximum atomic E-state index is 14.3. The molecule has 1 aliphatic rings. The summed E-state index contributed by atoms with van der Waals surface area (Å²) in [6.07, 6.45) is -0.769. The molecular weight excluding hydrogens is 362 g/mol. The second-order valence-corrected chi connectivity index (χ2v) is 7.73. The summed E-state index contributed by atoms with van der Waals surface area (Å²) in [5, 5.41) is 3.38. The van der Waals surface area contributed by atoms with Gasteiger partial charge in [-0.25, -0.2) is 0 Å². The van der Waals surface area contributed by atoms with Crippen molar-refractivity contribution < 1.29 is 18.3 Å². The first-order valence-corrected chi connectivity index (χ1v) is 9.34. The van der Waals surface area contributed by atoms with Crippen LogP contribution >= 0.6 is 11.6 Å². The summed E-state index contributed by atoms with van der Waals surface area (Å²) in [7, 11) is 3.20. The Bertz CT molecular complexity index is 620. The third-order valence-corrected chi connectivity index (χ3v) is 4.94. The van der Waals surface area contributed by atoms with Gasteiger partial charge in [0, 0.05) is 14.1 Å². The fourth-order valence-electron chi connectivity index (χ4n) is 3.36. The van der Waals surface area contributed by atoms with Crippen molar-refractivity contribution in [3.8, 4) is 5.75 Å². The Morgan fingerprint density at radius 3 is 2.62 bits per heavy atom. The Morgan fingerprint density at radius 1 is 1.38 bits per heavy atom. The predicted octanol–water partition coefficient (Wildman–Crippen LogP) is 4.43. The van der Waals surface area contributed by atoms with Gasteiger partial charge in [-0.1, -0.05) is 18.5 Å². The van der Waals surface area contributed by atoms with Crippen LogP contribution in [0.3, 0.4) is 0 Å². The number of amides is 1. The van der Waals surface area contributed by atoms with Crippen molar-refractivity contribution >= 4 is 17.5 Å². The van der Waals surface area contributed by atoms with Gasteiger partial charge in [-0.3, -0.25) is 4.79 Å². The molecule has 1 aliphatic heterocycles. The summed E-state index contributed by atoms with van der Waals surface area (Å²) in [5.74, 6) is 0.0271. The van der Waals surface area contributed by atoms with Gasteiger partial charge in [-0.15, -0.1) is 0 Å². The van der Waals surface area contributed by atoms with Crippen molar-refractivity contribution in [3.05, 3.63) is 28.8 Å². The molecule has 2 rings (SSSR count). The second-order valence-electron chi connectivity index (χ2n) is 7.32. The van der Waals surface area contributed by atoms with Crippen molar-refractivity contribution in [2.45, 2.75) is 38.7 Å². The molecule has 1 unspecified atom stereocenters. The van der Waals surface area contributed by atoms with Crippen molar-refractivity contribution in [2.75, 3.05) is 27.2 Å². The first-order chi connectivity index (χ1) is 12.2. The smallest absolute Gasteiger partial charge is 0.398 e. The van der Waals surface area contributed by atoms with Crippen LogP contribution in [-0.4, -0.2) is 44.1 Å². The summed E-state index contributed by atoms with van der Waals surface area (Å²) >= 11 is 6.05. The average Bonchev–Trinajstić information content (AvgIpc) is 2.54. The quantitative estimate of drug-likeness (QED) is 0.751. The molecule has 1 aromatic carbocycles. The first kappa shape index (κ1) is 20.9. The van der Waals surface area contributed by atoms with Gasteiger partial charge >= 0.3 is 6.11 Å². The van der Waals surface area contributed by atoms with Crippen LogP contribution < -0.4 is 10.1 Å². The van der Waals surface area contributed by atoms with Gasteiger partial charge in [0.15, 0.2) is 0 Å². The lowest BCUT2D eigenvalue weighted by Crippen LogP contribution is -2.31. The number of ether oxygens (including phenoxy) is 1. The van der Waals surface area contributed by atoms with E-state index in [1.165, 1.54) is 23.1 Å². The summed E-state index contributed by atoms with van der Waals surface area (Å²) in [6, 6.07) is 4.03. The Balaban J connectivity index is 1.95. The van der Waals surface area contributed by atoms with E-state index in [9.17, 15) is 13.6 Å². The number of carbonyl (C=O) groups excluding carboxylic acids is 1. The van der Waals surface area contributed by atoms with Crippen LogP contribution in [0.2, 0.25) is 5.02 Å². The molecule has 7 heteroatoms. The lowest BCUT2D eigenvalue weighted by Gasteiger charge is -2.27. The molecule has 0 spiro atoms. The van der Waals surface area contributed by atoms with Gasteiger partial charge in [0.1, 0.15) is 5.75 Å². The summed E-state index contributed by atoms with van der Waals surface area (Å²) in [6.45, 7) is 3.76. The molecule has 4 nitrogen and oxygen atoms in total. The van der Waals surface area contributed by atoms with E-state index >= 15 is 0 Å². The highest BCUT2D eigenvalue weighted by Gasteiger charge is 2.35. The molecule has 0 radical (unpaired) electrons. The molecule has 0 bridgehead atoms. The fraction of sp³-hybridized carbons (Fsp3) is 0.632. The number of halogens is 3. The third-order valence-electron chi connectivity index (χ3n) is 4.62. The van der Waals surface area contributed by atoms with E-state index in [1.54, 1.807) is 14.1 Å². The number of hydrogen-bond donors (Lipinski definition) is 1. The molecule has 0 aliphatic carbocycles. The lowest BCUT2D eigenvalue weighted by molar-refractivity contribution is -0.188. The third kappa shape index (κ3) is 6.09. The zero-order chi connectivity index (χ0) is 19.3. The minimum atomic E-state index is -3.28. The van der Waals surface area contributed by atoms with Crippen LogP contribution in [0.15, 0.2) is 18.2 Å². The minimum Gasteiger partial charge on any atom is -0.433 e. The number of alkyl halides is 2. The fourth-order valence-corrected chi connectivity index (χ4v) is 3.61. The van der Waals surface area contributed by atoms with E-state index in [0.29, 0.717) is 5.92 Å². The Morgan fingerprint density at radius 2 is 2.04 bits per heavy atom. The monoisotopic (exact) mass is 388 g/mol. The Labute approximate surface area is 158 Å². The summed E-state index contributed by atoms with van der Waals surface area (Å²) in [4.78, 5) is 13.3. The molecule has 0 saturated carbocycles. The van der Waals surface area contributed by atoms with Gasteiger partial charge in [0.25, 0.3) is 5.91 Å². The molecular formula is C19H27ClF2N2O2. The summed E-state index contributed by atoms with van der Waals surface area (Å²) < 4.78 is 33.4. The predicted molar refractivity (Wildman–Crippen MR) is 99.0 cm³/mol. The van der Waals surface area contributed by atoms with Crippen molar-refractivity contribution in [3.63, 3.8) is 0 Å². The SMILES string of the molecule is CC(CC1CCNCC1)CC(F)(F)Oc1ccc(C(=O)N(C)C)c(Cl)c1. The number of piperidine rings is 1. The highest BCUT2D eigenvalue weighted by Crippen LogP contribution is 2.33. The molecule has 146 valence electrons. The maximum Gasteiger partial charge on any atom is 0.398 e. The zero-order valence-corrected chi connectivity index (χ0v) is 16.3. The average molecular weight is 389 g/mol. The van der Waals surface area contributed by atoms with E-state index in [1.807, 2.05) is 6.92 Å². The van der Waals surface area contributed by atoms with Crippen LogP contribution in [0.5, 0.6) is 5.75 Å². The number of nitrogens with one attached hydrogen (secondary N) is 1. The topological polar surface area (TPSA) is 41.6 Å². The van der Waals surface area contributed by atoms with Crippen LogP contribution in [-0.2, 0) is 0 Å². The highest BCUT2D eigenvalue weighted by molar-refractivity contribution is 6.34. The van der Waals surface area contributed by atoms with Crippen molar-refractivity contribution in [1.82, 2.24) is 10.2 Å². The Hall–Kier alpha value is -1.40. The highest BCUT2D eigenvalue weighted by atomic mass is 35.5. The Kier molecular flexibility index (Phi) is 7.24. The largest absolute Gasteiger partial charge is 0.433 e. The maximum absolute atomic E-state index is 14.3. The van der Waals surface area contributed by atoms with Crippen LogP contribution in [0.25, 0.3) is 0 Å². The normalized spacial score (nSPS) is 17.0. The lowest BCUT2D eigenvalue weighted by atomic mass is 9.87. The molecule has 1 aromatic rings. The molecule has 26 heavy (non-hydrogen) atoms. The number of carbonyl (C=O) groups is 1. The number of benzene rings is 1. The van der Waals surface area contributed by atoms with E-state index < -0.39 is 6.11 Å². The van der Waals surface area contributed by atoms with Crippen LogP contribution in [0.1, 0.15) is 43.0 Å². The van der Waals surface area contributed by atoms with Gasteiger partial charge in [-0.2, -0.15) is 8.78 Å².